The first-order valence-corrected chi connectivity index (χ1v) is 7.82. The van der Waals surface area contributed by atoms with Crippen LogP contribution >= 0.6 is 0 Å². The first-order valence-electron chi connectivity index (χ1n) is 7.82. The van der Waals surface area contributed by atoms with Gasteiger partial charge in [0, 0.05) is 17.3 Å². The van der Waals surface area contributed by atoms with Crippen LogP contribution in [0.4, 0.5) is 5.69 Å². The minimum atomic E-state index is -0.471. The van der Waals surface area contributed by atoms with Crippen LogP contribution in [-0.4, -0.2) is 31.1 Å². The van der Waals surface area contributed by atoms with Crippen LogP contribution in [0, 0.1) is 5.92 Å². The molecule has 0 heterocycles. The predicted molar refractivity (Wildman–Crippen MR) is 87.1 cm³/mol. The fourth-order valence-corrected chi connectivity index (χ4v) is 2.88. The fraction of sp³-hybridized carbons (Fsp3) is 0.529. The molecule has 2 rings (SSSR count). The summed E-state index contributed by atoms with van der Waals surface area (Å²) in [4.78, 5) is 23.6. The van der Waals surface area contributed by atoms with Gasteiger partial charge in [0.05, 0.1) is 13.0 Å². The van der Waals surface area contributed by atoms with Gasteiger partial charge in [-0.3, -0.25) is 4.79 Å². The van der Waals surface area contributed by atoms with Gasteiger partial charge in [-0.25, -0.2) is 4.79 Å². The van der Waals surface area contributed by atoms with E-state index in [9.17, 15) is 9.59 Å². The van der Waals surface area contributed by atoms with Crippen LogP contribution in [0.3, 0.4) is 0 Å². The smallest absolute Gasteiger partial charge is 0.343 e. The number of hydrogen-bond acceptors (Lipinski definition) is 5. The molecule has 1 amide bonds. The van der Waals surface area contributed by atoms with Crippen molar-refractivity contribution >= 4 is 17.6 Å². The average molecular weight is 320 g/mol. The number of methoxy groups -OCH3 is 1. The van der Waals surface area contributed by atoms with E-state index in [1.807, 2.05) is 6.92 Å². The largest absolute Gasteiger partial charge is 0.482 e. The van der Waals surface area contributed by atoms with E-state index in [1.54, 1.807) is 24.3 Å². The van der Waals surface area contributed by atoms with Crippen LogP contribution < -0.4 is 15.8 Å². The average Bonchev–Trinajstić information content (AvgIpc) is 2.52. The SMILES string of the molecule is COC(=O)COc1cccc(NC(=O)C2CCCCC2(C)N)c1. The Bertz CT molecular complexity index is 571. The maximum absolute atomic E-state index is 12.5. The van der Waals surface area contributed by atoms with Crippen LogP contribution in [-0.2, 0) is 14.3 Å². The normalized spacial score (nSPS) is 23.9. The molecule has 1 fully saturated rings. The Morgan fingerprint density at radius 1 is 1.39 bits per heavy atom. The molecule has 0 aliphatic heterocycles. The Kier molecular flexibility index (Phi) is 5.60. The van der Waals surface area contributed by atoms with Crippen LogP contribution in [0.2, 0.25) is 0 Å². The second-order valence-electron chi connectivity index (χ2n) is 6.19. The zero-order valence-corrected chi connectivity index (χ0v) is 13.6. The third kappa shape index (κ3) is 4.69. The maximum atomic E-state index is 12.5. The summed E-state index contributed by atoms with van der Waals surface area (Å²) < 4.78 is 9.84. The third-order valence-corrected chi connectivity index (χ3v) is 4.26. The number of hydrogen-bond donors (Lipinski definition) is 2. The minimum Gasteiger partial charge on any atom is -0.482 e. The number of carbonyl (C=O) groups is 2. The highest BCUT2D eigenvalue weighted by Crippen LogP contribution is 2.32. The van der Waals surface area contributed by atoms with Crippen LogP contribution in [0.25, 0.3) is 0 Å². The van der Waals surface area contributed by atoms with Gasteiger partial charge >= 0.3 is 5.97 Å². The highest BCUT2D eigenvalue weighted by molar-refractivity contribution is 5.93. The molecule has 1 aliphatic carbocycles. The van der Waals surface area contributed by atoms with Gasteiger partial charge in [-0.2, -0.15) is 0 Å². The summed E-state index contributed by atoms with van der Waals surface area (Å²) in [5.74, 6) is -0.233. The van der Waals surface area contributed by atoms with Crippen molar-refractivity contribution in [1.29, 1.82) is 0 Å². The van der Waals surface area contributed by atoms with Crippen molar-refractivity contribution in [3.63, 3.8) is 0 Å². The summed E-state index contributed by atoms with van der Waals surface area (Å²) in [6, 6.07) is 6.92. The van der Waals surface area contributed by atoms with Crippen LogP contribution in [0.5, 0.6) is 5.75 Å². The first-order chi connectivity index (χ1) is 10.9. The molecule has 0 aromatic heterocycles. The Labute approximate surface area is 136 Å². The zero-order chi connectivity index (χ0) is 16.9. The van der Waals surface area contributed by atoms with Crippen LogP contribution in [0.15, 0.2) is 24.3 Å². The Morgan fingerprint density at radius 2 is 2.17 bits per heavy atom. The monoisotopic (exact) mass is 320 g/mol. The molecule has 126 valence electrons. The number of amides is 1. The molecule has 0 saturated heterocycles. The first kappa shape index (κ1) is 17.3. The molecule has 23 heavy (non-hydrogen) atoms. The van der Waals surface area contributed by atoms with Gasteiger partial charge in [0.1, 0.15) is 5.75 Å². The van der Waals surface area contributed by atoms with E-state index < -0.39 is 11.5 Å². The van der Waals surface area contributed by atoms with Gasteiger partial charge < -0.3 is 20.5 Å². The molecule has 1 aromatic carbocycles. The van der Waals surface area contributed by atoms with Crippen molar-refractivity contribution in [3.05, 3.63) is 24.3 Å². The maximum Gasteiger partial charge on any atom is 0.343 e. The Morgan fingerprint density at radius 3 is 2.87 bits per heavy atom. The summed E-state index contributed by atoms with van der Waals surface area (Å²) in [7, 11) is 1.30. The van der Waals surface area contributed by atoms with Crippen molar-refractivity contribution in [1.82, 2.24) is 0 Å². The van der Waals surface area contributed by atoms with E-state index in [1.165, 1.54) is 7.11 Å². The molecule has 2 unspecified atom stereocenters. The number of ether oxygens (including phenoxy) is 2. The predicted octanol–water partition coefficient (Wildman–Crippen LogP) is 2.08. The van der Waals surface area contributed by atoms with Gasteiger partial charge in [-0.15, -0.1) is 0 Å². The highest BCUT2D eigenvalue weighted by Gasteiger charge is 2.37. The number of nitrogens with one attached hydrogen (secondary N) is 1. The lowest BCUT2D eigenvalue weighted by atomic mass is 9.74. The quantitative estimate of drug-likeness (QED) is 0.811. The van der Waals surface area contributed by atoms with E-state index in [0.717, 1.165) is 25.7 Å². The second kappa shape index (κ2) is 7.46. The van der Waals surface area contributed by atoms with Crippen LogP contribution in [0.1, 0.15) is 32.6 Å². The van der Waals surface area contributed by atoms with Gasteiger partial charge in [0.15, 0.2) is 6.61 Å². The fourth-order valence-electron chi connectivity index (χ4n) is 2.88. The van der Waals surface area contributed by atoms with Crippen molar-refractivity contribution in [2.45, 2.75) is 38.1 Å². The number of esters is 1. The van der Waals surface area contributed by atoms with Crippen molar-refractivity contribution in [2.24, 2.45) is 11.7 Å². The van der Waals surface area contributed by atoms with Gasteiger partial charge in [0.25, 0.3) is 0 Å². The van der Waals surface area contributed by atoms with Crippen molar-refractivity contribution < 1.29 is 19.1 Å². The molecule has 6 nitrogen and oxygen atoms in total. The number of benzene rings is 1. The highest BCUT2D eigenvalue weighted by atomic mass is 16.6. The van der Waals surface area contributed by atoms with E-state index in [-0.39, 0.29) is 18.4 Å². The van der Waals surface area contributed by atoms with Crippen molar-refractivity contribution in [2.75, 3.05) is 19.0 Å². The van der Waals surface area contributed by atoms with Gasteiger partial charge in [0.2, 0.25) is 5.91 Å². The summed E-state index contributed by atoms with van der Waals surface area (Å²) in [5, 5.41) is 2.89. The molecule has 1 aromatic rings. The molecular weight excluding hydrogens is 296 g/mol. The molecule has 0 radical (unpaired) electrons. The van der Waals surface area contributed by atoms with Crippen molar-refractivity contribution in [3.8, 4) is 5.75 Å². The number of carbonyl (C=O) groups excluding carboxylic acids is 2. The lowest BCUT2D eigenvalue weighted by Gasteiger charge is -2.37. The summed E-state index contributed by atoms with van der Waals surface area (Å²) in [5.41, 5.74) is 6.42. The summed E-state index contributed by atoms with van der Waals surface area (Å²) in [6.07, 6.45) is 3.74. The summed E-state index contributed by atoms with van der Waals surface area (Å²) in [6.45, 7) is 1.77. The van der Waals surface area contributed by atoms with Gasteiger partial charge in [-0.1, -0.05) is 18.9 Å². The Balaban J connectivity index is 1.99. The second-order valence-corrected chi connectivity index (χ2v) is 6.19. The molecule has 6 heteroatoms. The molecule has 0 spiro atoms. The van der Waals surface area contributed by atoms with E-state index >= 15 is 0 Å². The third-order valence-electron chi connectivity index (χ3n) is 4.26. The molecule has 1 saturated carbocycles. The topological polar surface area (TPSA) is 90.6 Å². The minimum absolute atomic E-state index is 0.0696. The molecule has 0 bridgehead atoms. The van der Waals surface area contributed by atoms with E-state index in [4.69, 9.17) is 10.5 Å². The molecule has 1 aliphatic rings. The standard InChI is InChI=1S/C17H24N2O4/c1-17(18)9-4-3-8-14(17)16(21)19-12-6-5-7-13(10-12)23-11-15(20)22-2/h5-7,10,14H,3-4,8-9,11,18H2,1-2H3,(H,19,21). The molecule has 2 atom stereocenters. The lowest BCUT2D eigenvalue weighted by Crippen LogP contribution is -2.51. The lowest BCUT2D eigenvalue weighted by molar-refractivity contribution is -0.142. The molecular formula is C17H24N2O4. The Hall–Kier alpha value is -2.08. The van der Waals surface area contributed by atoms with E-state index in [0.29, 0.717) is 11.4 Å². The molecule has 3 N–H and O–H groups in total. The van der Waals surface area contributed by atoms with Gasteiger partial charge in [-0.05, 0) is 31.9 Å². The number of nitrogens with two attached hydrogens (primary N) is 1. The number of anilines is 1. The number of rotatable bonds is 5. The zero-order valence-electron chi connectivity index (χ0n) is 13.6. The van der Waals surface area contributed by atoms with E-state index in [2.05, 4.69) is 10.1 Å². The summed E-state index contributed by atoms with van der Waals surface area (Å²) >= 11 is 0.